The number of aryl methyl sites for hydroxylation is 1. The predicted molar refractivity (Wildman–Crippen MR) is 136 cm³/mol. The molecule has 192 valence electrons. The minimum absolute atomic E-state index is 0.0481. The minimum Gasteiger partial charge on any atom is -0.494 e. The Morgan fingerprint density at radius 2 is 2.08 bits per heavy atom. The van der Waals surface area contributed by atoms with Gasteiger partial charge >= 0.3 is 0 Å². The standard InChI is InChI=1S/C23H24ClFN10O2/c1-27-23(36)20-15(8-18(24)32-33-20)30-16-7-12(9-28-10-17-14(25)4-5-19(26)31-17)6-13(21(16)37-3)22-29-11-35(2)34-22/h4-8,11,28H,9-10H2,1-3H3,(H2,26,31)(H,27,36)(H,30,32)/i1D3. The van der Waals surface area contributed by atoms with E-state index in [1.807, 2.05) is 5.32 Å². The van der Waals surface area contributed by atoms with Gasteiger partial charge in [-0.1, -0.05) is 11.6 Å². The van der Waals surface area contributed by atoms with Crippen LogP contribution in [0.5, 0.6) is 5.75 Å². The van der Waals surface area contributed by atoms with E-state index in [-0.39, 0.29) is 41.1 Å². The van der Waals surface area contributed by atoms with Gasteiger partial charge in [0.25, 0.3) is 5.91 Å². The first kappa shape index (κ1) is 21.9. The molecule has 0 bridgehead atoms. The fourth-order valence-electron chi connectivity index (χ4n) is 3.52. The van der Waals surface area contributed by atoms with E-state index in [2.05, 4.69) is 35.9 Å². The molecule has 0 saturated carbocycles. The molecule has 1 aromatic carbocycles. The number of carbonyl (C=O) groups excluding carboxylic acids is 1. The van der Waals surface area contributed by atoms with Gasteiger partial charge in [-0.3, -0.25) is 9.48 Å². The number of aromatic nitrogens is 6. The number of methoxy groups -OCH3 is 1. The number of rotatable bonds is 9. The van der Waals surface area contributed by atoms with Gasteiger partial charge in [0.05, 0.1) is 29.7 Å². The molecule has 0 unspecified atom stereocenters. The second-order valence-corrected chi connectivity index (χ2v) is 8.13. The number of hydrogen-bond acceptors (Lipinski definition) is 10. The second-order valence-electron chi connectivity index (χ2n) is 7.74. The highest BCUT2D eigenvalue weighted by Crippen LogP contribution is 2.38. The van der Waals surface area contributed by atoms with Crippen molar-refractivity contribution in [1.82, 2.24) is 40.6 Å². The lowest BCUT2D eigenvalue weighted by molar-refractivity contribution is 0.0958. The Balaban J connectivity index is 1.72. The number of ether oxygens (including phenoxy) is 1. The Bertz CT molecular complexity index is 1550. The quantitative estimate of drug-likeness (QED) is 0.254. The van der Waals surface area contributed by atoms with Crippen LogP contribution >= 0.6 is 11.6 Å². The van der Waals surface area contributed by atoms with Crippen LogP contribution in [0, 0.1) is 5.82 Å². The maximum atomic E-state index is 14.1. The molecule has 0 spiro atoms. The van der Waals surface area contributed by atoms with Crippen LogP contribution in [0.1, 0.15) is 25.9 Å². The second kappa shape index (κ2) is 11.1. The van der Waals surface area contributed by atoms with E-state index in [0.717, 1.165) is 0 Å². The molecule has 0 aliphatic carbocycles. The zero-order valence-electron chi connectivity index (χ0n) is 22.7. The largest absolute Gasteiger partial charge is 0.494 e. The zero-order chi connectivity index (χ0) is 29.0. The third-order valence-electron chi connectivity index (χ3n) is 5.12. The first-order valence-corrected chi connectivity index (χ1v) is 11.1. The minimum atomic E-state index is -2.76. The molecule has 5 N–H and O–H groups in total. The van der Waals surface area contributed by atoms with Crippen molar-refractivity contribution in [3.8, 4) is 17.1 Å². The fourth-order valence-corrected chi connectivity index (χ4v) is 3.66. The van der Waals surface area contributed by atoms with Crippen LogP contribution < -0.4 is 26.4 Å². The Kier molecular flexibility index (Phi) is 6.59. The van der Waals surface area contributed by atoms with E-state index in [1.54, 1.807) is 19.2 Å². The molecule has 4 aromatic rings. The Hall–Kier alpha value is -4.36. The number of carbonyl (C=O) groups is 1. The van der Waals surface area contributed by atoms with E-state index < -0.39 is 18.7 Å². The SMILES string of the molecule is [2H]C([2H])([2H])NC(=O)c1nnc(Cl)cc1Nc1cc(CNCc2nc(N)ccc2F)cc(-c2ncn(C)n2)c1OC. The number of hydrogen-bond donors (Lipinski definition) is 4. The van der Waals surface area contributed by atoms with Crippen LogP contribution in [-0.4, -0.2) is 49.9 Å². The van der Waals surface area contributed by atoms with E-state index >= 15 is 0 Å². The van der Waals surface area contributed by atoms with Crippen molar-refractivity contribution in [3.05, 3.63) is 64.6 Å². The monoisotopic (exact) mass is 529 g/mol. The molecular weight excluding hydrogens is 503 g/mol. The van der Waals surface area contributed by atoms with Gasteiger partial charge in [-0.15, -0.1) is 10.2 Å². The zero-order valence-corrected chi connectivity index (χ0v) is 20.5. The van der Waals surface area contributed by atoms with Crippen LogP contribution in [0.25, 0.3) is 11.4 Å². The number of pyridine rings is 1. The molecule has 0 saturated heterocycles. The van der Waals surface area contributed by atoms with E-state index in [9.17, 15) is 9.18 Å². The Morgan fingerprint density at radius 3 is 2.81 bits per heavy atom. The van der Waals surface area contributed by atoms with Gasteiger partial charge in [-0.05, 0) is 29.8 Å². The molecule has 0 atom stereocenters. The van der Waals surface area contributed by atoms with Crippen LogP contribution in [0.4, 0.5) is 21.6 Å². The number of nitrogen functional groups attached to an aromatic ring is 1. The summed E-state index contributed by atoms with van der Waals surface area (Å²) in [5.74, 6) is -0.637. The number of halogens is 2. The van der Waals surface area contributed by atoms with Gasteiger partial charge in [0.2, 0.25) is 0 Å². The summed E-state index contributed by atoms with van der Waals surface area (Å²) in [5, 5.41) is 19.8. The maximum Gasteiger partial charge on any atom is 0.273 e. The maximum absolute atomic E-state index is 14.1. The lowest BCUT2D eigenvalue weighted by Gasteiger charge is -2.18. The van der Waals surface area contributed by atoms with Gasteiger partial charge in [-0.2, -0.15) is 5.10 Å². The molecular formula is C23H24ClFN10O2. The highest BCUT2D eigenvalue weighted by atomic mass is 35.5. The number of anilines is 3. The Morgan fingerprint density at radius 1 is 1.24 bits per heavy atom. The topological polar surface area (TPSA) is 158 Å². The number of nitrogens with zero attached hydrogens (tertiary/aromatic N) is 6. The molecule has 14 heteroatoms. The Labute approximate surface area is 220 Å². The van der Waals surface area contributed by atoms with Gasteiger partial charge in [-0.25, -0.2) is 14.4 Å². The van der Waals surface area contributed by atoms with Crippen LogP contribution in [0.3, 0.4) is 0 Å². The number of benzene rings is 1. The summed E-state index contributed by atoms with van der Waals surface area (Å²) in [6.07, 6.45) is 1.52. The summed E-state index contributed by atoms with van der Waals surface area (Å²) < 4.78 is 43.4. The van der Waals surface area contributed by atoms with Crippen molar-refractivity contribution in [2.75, 3.05) is 25.1 Å². The lowest BCUT2D eigenvalue weighted by atomic mass is 10.1. The lowest BCUT2D eigenvalue weighted by Crippen LogP contribution is -2.21. The third kappa shape index (κ3) is 5.90. The molecule has 3 heterocycles. The summed E-state index contributed by atoms with van der Waals surface area (Å²) in [4.78, 5) is 21.0. The van der Waals surface area contributed by atoms with Crippen LogP contribution in [0.2, 0.25) is 5.15 Å². The number of nitrogens with two attached hydrogens (primary N) is 1. The van der Waals surface area contributed by atoms with Crippen molar-refractivity contribution in [3.63, 3.8) is 0 Å². The normalized spacial score (nSPS) is 12.4. The molecule has 4 rings (SSSR count). The van der Waals surface area contributed by atoms with E-state index in [4.69, 9.17) is 26.2 Å². The predicted octanol–water partition coefficient (Wildman–Crippen LogP) is 2.44. The first-order valence-electron chi connectivity index (χ1n) is 12.2. The highest BCUT2D eigenvalue weighted by molar-refractivity contribution is 6.29. The molecule has 3 aromatic heterocycles. The molecule has 1 amide bonds. The molecule has 12 nitrogen and oxygen atoms in total. The average Bonchev–Trinajstić information content (AvgIpc) is 3.31. The summed E-state index contributed by atoms with van der Waals surface area (Å²) in [7, 11) is 3.15. The van der Waals surface area contributed by atoms with E-state index in [1.165, 1.54) is 36.3 Å². The van der Waals surface area contributed by atoms with Gasteiger partial charge < -0.3 is 26.4 Å². The number of nitrogens with one attached hydrogen (secondary N) is 3. The first-order chi connectivity index (χ1) is 18.9. The highest BCUT2D eigenvalue weighted by Gasteiger charge is 2.20. The van der Waals surface area contributed by atoms with Crippen molar-refractivity contribution >= 4 is 34.7 Å². The smallest absolute Gasteiger partial charge is 0.273 e. The summed E-state index contributed by atoms with van der Waals surface area (Å²) in [6, 6.07) is 7.43. The molecule has 0 aliphatic rings. The summed E-state index contributed by atoms with van der Waals surface area (Å²) >= 11 is 6.04. The van der Waals surface area contributed by atoms with E-state index in [0.29, 0.717) is 28.4 Å². The van der Waals surface area contributed by atoms with Crippen molar-refractivity contribution in [2.24, 2.45) is 7.05 Å². The molecule has 0 aliphatic heterocycles. The van der Waals surface area contributed by atoms with Crippen molar-refractivity contribution < 1.29 is 18.0 Å². The van der Waals surface area contributed by atoms with Crippen LogP contribution in [-0.2, 0) is 20.1 Å². The third-order valence-corrected chi connectivity index (χ3v) is 5.30. The molecule has 37 heavy (non-hydrogen) atoms. The van der Waals surface area contributed by atoms with Crippen molar-refractivity contribution in [2.45, 2.75) is 13.1 Å². The molecule has 0 radical (unpaired) electrons. The van der Waals surface area contributed by atoms with Gasteiger partial charge in [0, 0.05) is 37.3 Å². The average molecular weight is 530 g/mol. The summed E-state index contributed by atoms with van der Waals surface area (Å²) in [5.41, 5.74) is 7.13. The molecule has 0 fully saturated rings. The summed E-state index contributed by atoms with van der Waals surface area (Å²) in [6.45, 7) is -2.42. The number of amides is 1. The van der Waals surface area contributed by atoms with Gasteiger partial charge in [0.15, 0.2) is 22.4 Å². The van der Waals surface area contributed by atoms with Crippen molar-refractivity contribution in [1.29, 1.82) is 0 Å². The van der Waals surface area contributed by atoms with Gasteiger partial charge in [0.1, 0.15) is 18.0 Å². The fraction of sp³-hybridized carbons (Fsp3) is 0.217. The van der Waals surface area contributed by atoms with Crippen LogP contribution in [0.15, 0.2) is 36.7 Å².